The lowest BCUT2D eigenvalue weighted by Gasteiger charge is -2.22. The van der Waals surface area contributed by atoms with Crippen LogP contribution in [0.3, 0.4) is 0 Å². The molecular formula is C27H23NO2S. The van der Waals surface area contributed by atoms with E-state index in [1.807, 2.05) is 24.3 Å². The lowest BCUT2D eigenvalue weighted by atomic mass is 9.82. The number of hydrogen-bond acceptors (Lipinski definition) is 3. The fourth-order valence-electron chi connectivity index (χ4n) is 3.77. The molecule has 0 saturated heterocycles. The zero-order valence-electron chi connectivity index (χ0n) is 17.1. The van der Waals surface area contributed by atoms with Gasteiger partial charge in [0.1, 0.15) is 4.64 Å². The number of nitrogens with zero attached hydrogens (tertiary/aromatic N) is 1. The highest BCUT2D eigenvalue weighted by molar-refractivity contribution is 7.71. The minimum atomic E-state index is -0.312. The Bertz CT molecular complexity index is 1160. The van der Waals surface area contributed by atoms with Crippen molar-refractivity contribution in [3.05, 3.63) is 136 Å². The van der Waals surface area contributed by atoms with Crippen LogP contribution in [0.15, 0.2) is 109 Å². The normalized spacial score (nSPS) is 10.7. The number of aryl methyl sites for hydroxylation is 1. The van der Waals surface area contributed by atoms with Crippen molar-refractivity contribution >= 4 is 18.2 Å². The Kier molecular flexibility index (Phi) is 6.70. The average Bonchev–Trinajstić information content (AvgIpc) is 2.82. The first-order chi connectivity index (χ1) is 15.2. The molecule has 0 radical (unpaired) electrons. The van der Waals surface area contributed by atoms with Crippen LogP contribution in [0.25, 0.3) is 0 Å². The summed E-state index contributed by atoms with van der Waals surface area (Å²) in [6.45, 7) is 0. The summed E-state index contributed by atoms with van der Waals surface area (Å²) in [5.41, 5.74) is 4.77. The number of hydrogen-bond donors (Lipinski definition) is 0. The van der Waals surface area contributed by atoms with Crippen LogP contribution in [0.5, 0.6) is 0 Å². The van der Waals surface area contributed by atoms with E-state index in [4.69, 9.17) is 17.1 Å². The summed E-state index contributed by atoms with van der Waals surface area (Å²) < 4.78 is 1.80. The number of carbonyl (C=O) groups is 1. The number of pyridine rings is 1. The van der Waals surface area contributed by atoms with Crippen molar-refractivity contribution in [1.29, 1.82) is 0 Å². The van der Waals surface area contributed by atoms with Crippen LogP contribution in [0.4, 0.5) is 0 Å². The quantitative estimate of drug-likeness (QED) is 0.269. The molecule has 0 atom stereocenters. The topological polar surface area (TPSA) is 31.2 Å². The highest BCUT2D eigenvalue weighted by Gasteiger charge is 2.20. The monoisotopic (exact) mass is 425 g/mol. The number of aromatic nitrogens is 1. The van der Waals surface area contributed by atoms with Crippen LogP contribution < -0.4 is 4.84 Å². The van der Waals surface area contributed by atoms with Crippen LogP contribution in [0.1, 0.15) is 34.6 Å². The van der Waals surface area contributed by atoms with Gasteiger partial charge in [0, 0.05) is 12.1 Å². The molecule has 0 N–H and O–H groups in total. The Morgan fingerprint density at radius 2 is 1.35 bits per heavy atom. The Labute approximate surface area is 187 Å². The van der Waals surface area contributed by atoms with Gasteiger partial charge in [0.15, 0.2) is 0 Å². The molecule has 0 spiro atoms. The fourth-order valence-corrected chi connectivity index (χ4v) is 3.94. The van der Waals surface area contributed by atoms with Crippen molar-refractivity contribution in [2.24, 2.45) is 0 Å². The molecule has 0 aliphatic rings. The second kappa shape index (κ2) is 10.0. The van der Waals surface area contributed by atoms with Crippen LogP contribution in [0.2, 0.25) is 0 Å². The van der Waals surface area contributed by atoms with Crippen molar-refractivity contribution < 1.29 is 9.63 Å². The molecule has 4 heteroatoms. The molecule has 0 unspecified atom stereocenters. The Morgan fingerprint density at radius 3 is 2.00 bits per heavy atom. The summed E-state index contributed by atoms with van der Waals surface area (Å²) in [5, 5.41) is 0. The van der Waals surface area contributed by atoms with Gasteiger partial charge >= 0.3 is 5.97 Å². The van der Waals surface area contributed by atoms with Crippen molar-refractivity contribution in [3.63, 3.8) is 0 Å². The molecule has 0 aliphatic heterocycles. The van der Waals surface area contributed by atoms with E-state index < -0.39 is 0 Å². The van der Waals surface area contributed by atoms with E-state index in [2.05, 4.69) is 66.7 Å². The molecule has 0 bridgehead atoms. The minimum absolute atomic E-state index is 0.0948. The Morgan fingerprint density at radius 1 is 0.774 bits per heavy atom. The molecule has 0 fully saturated rings. The molecule has 4 aromatic rings. The van der Waals surface area contributed by atoms with E-state index in [1.54, 1.807) is 18.3 Å². The minimum Gasteiger partial charge on any atom is -0.336 e. The van der Waals surface area contributed by atoms with Gasteiger partial charge in [-0.15, -0.1) is 0 Å². The Balaban J connectivity index is 1.60. The summed E-state index contributed by atoms with van der Waals surface area (Å²) in [6, 6.07) is 34.6. The zero-order valence-corrected chi connectivity index (χ0v) is 17.9. The molecule has 1 heterocycles. The molecule has 4 rings (SSSR count). The maximum Gasteiger partial charge on any atom is 0.333 e. The van der Waals surface area contributed by atoms with E-state index in [1.165, 1.54) is 21.4 Å². The van der Waals surface area contributed by atoms with E-state index in [0.717, 1.165) is 5.56 Å². The predicted octanol–water partition coefficient (Wildman–Crippen LogP) is 5.99. The van der Waals surface area contributed by atoms with Gasteiger partial charge in [-0.2, -0.15) is 4.73 Å². The fraction of sp³-hybridized carbons (Fsp3) is 0.111. The van der Waals surface area contributed by atoms with Gasteiger partial charge in [-0.1, -0.05) is 103 Å². The van der Waals surface area contributed by atoms with E-state index in [9.17, 15) is 4.79 Å². The SMILES string of the molecule is O=C(CCc1ccccc1C(c1ccccc1)c1ccccc1)On1ccccc1=S. The number of benzene rings is 3. The van der Waals surface area contributed by atoms with Crippen molar-refractivity contribution in [1.82, 2.24) is 4.73 Å². The third kappa shape index (κ3) is 5.16. The molecule has 3 nitrogen and oxygen atoms in total. The number of rotatable bonds is 7. The summed E-state index contributed by atoms with van der Waals surface area (Å²) in [4.78, 5) is 17.9. The second-order valence-corrected chi connectivity index (χ2v) is 7.70. The summed E-state index contributed by atoms with van der Waals surface area (Å²) in [5.74, 6) is -0.217. The first kappa shape index (κ1) is 20.8. The molecule has 154 valence electrons. The Hall–Kier alpha value is -3.50. The van der Waals surface area contributed by atoms with Gasteiger partial charge in [0.2, 0.25) is 0 Å². The molecule has 1 aromatic heterocycles. The number of carbonyl (C=O) groups excluding carboxylic acids is 1. The maximum absolute atomic E-state index is 12.5. The van der Waals surface area contributed by atoms with E-state index in [-0.39, 0.29) is 18.3 Å². The van der Waals surface area contributed by atoms with Crippen LogP contribution >= 0.6 is 12.2 Å². The van der Waals surface area contributed by atoms with Crippen LogP contribution in [0, 0.1) is 4.64 Å². The van der Waals surface area contributed by atoms with E-state index in [0.29, 0.717) is 11.1 Å². The summed E-state index contributed by atoms with van der Waals surface area (Å²) >= 11 is 5.20. The zero-order chi connectivity index (χ0) is 21.5. The van der Waals surface area contributed by atoms with Crippen molar-refractivity contribution in [2.75, 3.05) is 0 Å². The van der Waals surface area contributed by atoms with Crippen molar-refractivity contribution in [3.8, 4) is 0 Å². The highest BCUT2D eigenvalue weighted by atomic mass is 32.1. The molecule has 3 aromatic carbocycles. The second-order valence-electron chi connectivity index (χ2n) is 7.28. The van der Waals surface area contributed by atoms with Gasteiger partial charge in [-0.3, -0.25) is 0 Å². The van der Waals surface area contributed by atoms with Gasteiger partial charge in [-0.25, -0.2) is 4.79 Å². The van der Waals surface area contributed by atoms with Gasteiger partial charge in [0.25, 0.3) is 0 Å². The van der Waals surface area contributed by atoms with Crippen molar-refractivity contribution in [2.45, 2.75) is 18.8 Å². The predicted molar refractivity (Wildman–Crippen MR) is 125 cm³/mol. The molecule has 31 heavy (non-hydrogen) atoms. The van der Waals surface area contributed by atoms with Gasteiger partial charge < -0.3 is 4.84 Å². The van der Waals surface area contributed by atoms with Crippen LogP contribution in [-0.4, -0.2) is 10.7 Å². The van der Waals surface area contributed by atoms with Crippen LogP contribution in [-0.2, 0) is 11.2 Å². The van der Waals surface area contributed by atoms with Gasteiger partial charge in [0.05, 0.1) is 6.42 Å². The molecule has 0 amide bonds. The molecule has 0 aliphatic carbocycles. The summed E-state index contributed by atoms with van der Waals surface area (Å²) in [7, 11) is 0. The van der Waals surface area contributed by atoms with E-state index >= 15 is 0 Å². The maximum atomic E-state index is 12.5. The molecular weight excluding hydrogens is 402 g/mol. The molecule has 0 saturated carbocycles. The summed E-state index contributed by atoms with van der Waals surface area (Å²) in [6.07, 6.45) is 2.50. The first-order valence-corrected chi connectivity index (χ1v) is 10.7. The highest BCUT2D eigenvalue weighted by Crippen LogP contribution is 2.34. The lowest BCUT2D eigenvalue weighted by molar-refractivity contribution is -0.144. The smallest absolute Gasteiger partial charge is 0.333 e. The largest absolute Gasteiger partial charge is 0.336 e. The lowest BCUT2D eigenvalue weighted by Crippen LogP contribution is -2.20. The first-order valence-electron chi connectivity index (χ1n) is 10.3. The third-order valence-corrected chi connectivity index (χ3v) is 5.54. The average molecular weight is 426 g/mol. The standard InChI is InChI=1S/C27H23NO2S/c29-26(30-28-20-10-9-17-25(28)31)19-18-21-11-7-8-16-24(21)27(22-12-3-1-4-13-22)23-14-5-2-6-15-23/h1-17,20,27H,18-19H2. The third-order valence-electron chi connectivity index (χ3n) is 5.22. The van der Waals surface area contributed by atoms with Gasteiger partial charge in [-0.05, 0) is 40.8 Å².